The quantitative estimate of drug-likeness (QED) is 0.657. The molecule has 0 spiro atoms. The third kappa shape index (κ3) is 5.22. The van der Waals surface area contributed by atoms with Crippen molar-refractivity contribution >= 4 is 12.4 Å². The zero-order chi connectivity index (χ0) is 18.2. The van der Waals surface area contributed by atoms with Crippen LogP contribution in [-0.2, 0) is 9.53 Å². The molecule has 2 saturated heterocycles. The van der Waals surface area contributed by atoms with Crippen LogP contribution in [0.15, 0.2) is 18.5 Å². The van der Waals surface area contributed by atoms with E-state index >= 15 is 0 Å². The van der Waals surface area contributed by atoms with Crippen molar-refractivity contribution in [2.75, 3.05) is 26.3 Å². The molecule has 8 heteroatoms. The van der Waals surface area contributed by atoms with Crippen molar-refractivity contribution in [3.8, 4) is 0 Å². The van der Waals surface area contributed by atoms with Crippen molar-refractivity contribution in [3.63, 3.8) is 0 Å². The Morgan fingerprint density at radius 3 is 2.96 bits per heavy atom. The Hall–Kier alpha value is -2.03. The Morgan fingerprint density at radius 2 is 2.28 bits per heavy atom. The fraction of sp³-hybridized carbons (Fsp3) is 0.588. The number of hydrogen-bond acceptors (Lipinski definition) is 6. The Morgan fingerprint density at radius 1 is 1.52 bits per heavy atom. The van der Waals surface area contributed by atoms with E-state index in [1.807, 2.05) is 13.0 Å². The van der Waals surface area contributed by atoms with Gasteiger partial charge in [0.15, 0.2) is 0 Å². The van der Waals surface area contributed by atoms with Gasteiger partial charge in [0, 0.05) is 44.2 Å². The highest BCUT2D eigenvalue weighted by molar-refractivity contribution is 5.95. The van der Waals surface area contributed by atoms with Crippen LogP contribution >= 0.6 is 0 Å². The van der Waals surface area contributed by atoms with Gasteiger partial charge in [0.25, 0.3) is 12.4 Å². The van der Waals surface area contributed by atoms with E-state index < -0.39 is 0 Å². The minimum absolute atomic E-state index is 0.0525. The SMILES string of the molecule is Cc1ccncc1C(=O)N[C@@H]1C[C@H]2CO[C@@H](CCO)CN2C1.O=CO. The molecule has 0 unspecified atom stereocenters. The first kappa shape index (κ1) is 19.3. The van der Waals surface area contributed by atoms with Crippen LogP contribution in [0.25, 0.3) is 0 Å². The summed E-state index contributed by atoms with van der Waals surface area (Å²) in [6.45, 7) is 4.19. The molecule has 8 nitrogen and oxygen atoms in total. The van der Waals surface area contributed by atoms with Crippen LogP contribution in [0.5, 0.6) is 0 Å². The van der Waals surface area contributed by atoms with Crippen molar-refractivity contribution in [1.82, 2.24) is 15.2 Å². The predicted octanol–water partition coefficient (Wildman–Crippen LogP) is 0.0447. The second-order valence-corrected chi connectivity index (χ2v) is 6.28. The summed E-state index contributed by atoms with van der Waals surface area (Å²) in [7, 11) is 0. The van der Waals surface area contributed by atoms with Crippen molar-refractivity contribution in [2.45, 2.75) is 38.0 Å². The maximum absolute atomic E-state index is 12.4. The number of fused-ring (bicyclic) bond motifs is 1. The zero-order valence-corrected chi connectivity index (χ0v) is 14.3. The van der Waals surface area contributed by atoms with Crippen LogP contribution in [0.3, 0.4) is 0 Å². The van der Waals surface area contributed by atoms with E-state index in [1.54, 1.807) is 12.4 Å². The van der Waals surface area contributed by atoms with Crippen molar-refractivity contribution in [2.24, 2.45) is 0 Å². The molecule has 1 amide bonds. The molecular formula is C17H25N3O5. The van der Waals surface area contributed by atoms with Crippen LogP contribution in [0, 0.1) is 6.92 Å². The number of aromatic nitrogens is 1. The molecule has 0 saturated carbocycles. The Balaban J connectivity index is 0.000000701. The number of aryl methyl sites for hydroxylation is 1. The van der Waals surface area contributed by atoms with Crippen molar-refractivity contribution < 1.29 is 24.5 Å². The number of rotatable bonds is 4. The second-order valence-electron chi connectivity index (χ2n) is 6.28. The second kappa shape index (κ2) is 9.45. The van der Waals surface area contributed by atoms with E-state index in [0.717, 1.165) is 25.1 Å². The van der Waals surface area contributed by atoms with Gasteiger partial charge in [-0.05, 0) is 31.4 Å². The van der Waals surface area contributed by atoms with Gasteiger partial charge in [-0.15, -0.1) is 0 Å². The smallest absolute Gasteiger partial charge is 0.290 e. The average molecular weight is 351 g/mol. The van der Waals surface area contributed by atoms with E-state index in [-0.39, 0.29) is 31.1 Å². The fourth-order valence-corrected chi connectivity index (χ4v) is 3.33. The Kier molecular flexibility index (Phi) is 7.30. The van der Waals surface area contributed by atoms with Gasteiger partial charge in [0.2, 0.25) is 0 Å². The molecule has 138 valence electrons. The number of aliphatic hydroxyl groups is 1. The number of ether oxygens (including phenoxy) is 1. The van der Waals surface area contributed by atoms with Gasteiger partial charge in [-0.1, -0.05) is 0 Å². The fourth-order valence-electron chi connectivity index (χ4n) is 3.33. The van der Waals surface area contributed by atoms with Crippen LogP contribution in [0.1, 0.15) is 28.8 Å². The summed E-state index contributed by atoms with van der Waals surface area (Å²) in [5, 5.41) is 19.0. The summed E-state index contributed by atoms with van der Waals surface area (Å²) in [6, 6.07) is 2.36. The van der Waals surface area contributed by atoms with Crippen LogP contribution < -0.4 is 5.32 Å². The summed E-state index contributed by atoms with van der Waals surface area (Å²) < 4.78 is 5.76. The van der Waals surface area contributed by atoms with Gasteiger partial charge in [0.05, 0.1) is 18.3 Å². The van der Waals surface area contributed by atoms with Crippen LogP contribution in [0.4, 0.5) is 0 Å². The molecule has 3 atom stereocenters. The number of carboxylic acid groups (broad SMARTS) is 1. The summed E-state index contributed by atoms with van der Waals surface area (Å²) in [4.78, 5) is 27.1. The monoisotopic (exact) mass is 351 g/mol. The molecule has 3 N–H and O–H groups in total. The van der Waals surface area contributed by atoms with E-state index in [1.165, 1.54) is 0 Å². The number of carbonyl (C=O) groups excluding carboxylic acids is 1. The molecule has 3 heterocycles. The first-order chi connectivity index (χ1) is 12.1. The molecule has 3 rings (SSSR count). The summed E-state index contributed by atoms with van der Waals surface area (Å²) in [5.41, 5.74) is 1.58. The first-order valence-electron chi connectivity index (χ1n) is 8.34. The zero-order valence-electron chi connectivity index (χ0n) is 14.3. The number of aliphatic hydroxyl groups excluding tert-OH is 1. The van der Waals surface area contributed by atoms with Crippen molar-refractivity contribution in [3.05, 3.63) is 29.6 Å². The van der Waals surface area contributed by atoms with Crippen LogP contribution in [0.2, 0.25) is 0 Å². The summed E-state index contributed by atoms with van der Waals surface area (Å²) >= 11 is 0. The average Bonchev–Trinajstić information content (AvgIpc) is 2.97. The molecule has 0 bridgehead atoms. The molecule has 2 aliphatic rings. The lowest BCUT2D eigenvalue weighted by atomic mass is 10.1. The minimum Gasteiger partial charge on any atom is -0.483 e. The number of nitrogens with zero attached hydrogens (tertiary/aromatic N) is 2. The molecule has 0 radical (unpaired) electrons. The topological polar surface area (TPSA) is 112 Å². The lowest BCUT2D eigenvalue weighted by Crippen LogP contribution is -2.46. The third-order valence-corrected chi connectivity index (χ3v) is 4.56. The van der Waals surface area contributed by atoms with E-state index in [2.05, 4.69) is 15.2 Å². The molecule has 2 aliphatic heterocycles. The van der Waals surface area contributed by atoms with Gasteiger partial charge in [-0.2, -0.15) is 0 Å². The third-order valence-electron chi connectivity index (χ3n) is 4.56. The predicted molar refractivity (Wildman–Crippen MR) is 90.3 cm³/mol. The molecule has 1 aromatic heterocycles. The van der Waals surface area contributed by atoms with Gasteiger partial charge in [-0.3, -0.25) is 19.5 Å². The number of pyridine rings is 1. The van der Waals surface area contributed by atoms with Gasteiger partial charge in [0.1, 0.15) is 0 Å². The van der Waals surface area contributed by atoms with E-state index in [4.69, 9.17) is 19.7 Å². The van der Waals surface area contributed by atoms with E-state index in [9.17, 15) is 4.79 Å². The number of hydrogen-bond donors (Lipinski definition) is 3. The lowest BCUT2D eigenvalue weighted by Gasteiger charge is -2.34. The molecule has 0 aliphatic carbocycles. The molecular weight excluding hydrogens is 326 g/mol. The lowest BCUT2D eigenvalue weighted by molar-refractivity contribution is -0.122. The highest BCUT2D eigenvalue weighted by Crippen LogP contribution is 2.24. The molecule has 1 aromatic rings. The minimum atomic E-state index is -0.250. The standard InChI is InChI=1S/C16H23N3O3.CH2O2/c1-11-2-4-17-7-15(11)16(21)18-12-6-13-10-22-14(3-5-20)9-19(13)8-12;2-1-3/h2,4,7,12-14,20H,3,5-6,8-10H2,1H3,(H,18,21);1H,(H,2,3)/t12-,13+,14+;/m1./s1. The normalized spacial score (nSPS) is 25.4. The van der Waals surface area contributed by atoms with Crippen molar-refractivity contribution in [1.29, 1.82) is 0 Å². The summed E-state index contributed by atoms with van der Waals surface area (Å²) in [6.07, 6.45) is 5.01. The van der Waals surface area contributed by atoms with Gasteiger partial charge >= 0.3 is 0 Å². The molecule has 0 aromatic carbocycles. The maximum atomic E-state index is 12.4. The Bertz CT molecular complexity index is 583. The Labute approximate surface area is 146 Å². The number of nitrogens with one attached hydrogen (secondary N) is 1. The van der Waals surface area contributed by atoms with Gasteiger partial charge in [-0.25, -0.2) is 0 Å². The number of morpholine rings is 1. The van der Waals surface area contributed by atoms with E-state index in [0.29, 0.717) is 24.6 Å². The van der Waals surface area contributed by atoms with Crippen LogP contribution in [-0.4, -0.2) is 77.0 Å². The number of carbonyl (C=O) groups is 2. The highest BCUT2D eigenvalue weighted by atomic mass is 16.5. The largest absolute Gasteiger partial charge is 0.483 e. The summed E-state index contributed by atoms with van der Waals surface area (Å²) in [5.74, 6) is -0.0525. The van der Waals surface area contributed by atoms with Gasteiger partial charge < -0.3 is 20.3 Å². The molecule has 2 fully saturated rings. The molecule has 25 heavy (non-hydrogen) atoms. The number of amides is 1. The first-order valence-corrected chi connectivity index (χ1v) is 8.34. The highest BCUT2D eigenvalue weighted by Gasteiger charge is 2.37. The maximum Gasteiger partial charge on any atom is 0.290 e.